The number of aliphatic hydroxyl groups is 1. The normalized spacial score (nSPS) is 14.2. The van der Waals surface area contributed by atoms with Gasteiger partial charge in [-0.3, -0.25) is 37.3 Å². The van der Waals surface area contributed by atoms with Crippen LogP contribution in [0.25, 0.3) is 0 Å². The van der Waals surface area contributed by atoms with Crippen LogP contribution < -0.4 is 0 Å². The number of unbranched alkanes of at least 4 members (excludes halogenated alkanes) is 36. The Morgan fingerprint density at radius 1 is 0.314 bits per heavy atom. The third-order valence-electron chi connectivity index (χ3n) is 15.5. The highest BCUT2D eigenvalue weighted by Crippen LogP contribution is 2.45. The van der Waals surface area contributed by atoms with E-state index in [0.29, 0.717) is 25.7 Å². The molecule has 5 atom stereocenters. The van der Waals surface area contributed by atoms with E-state index >= 15 is 0 Å². The number of phosphoric acid groups is 2. The minimum Gasteiger partial charge on any atom is -0.462 e. The Bertz CT molecular complexity index is 1680. The van der Waals surface area contributed by atoms with Crippen LogP contribution in [0.2, 0.25) is 0 Å². The molecule has 0 aromatic rings. The third-order valence-corrected chi connectivity index (χ3v) is 17.4. The van der Waals surface area contributed by atoms with Gasteiger partial charge in [-0.15, -0.1) is 0 Å². The van der Waals surface area contributed by atoms with Crippen LogP contribution in [0.15, 0.2) is 0 Å². The van der Waals surface area contributed by atoms with Crippen LogP contribution >= 0.6 is 15.6 Å². The zero-order chi connectivity index (χ0) is 63.6. The lowest BCUT2D eigenvalue weighted by Crippen LogP contribution is -2.30. The van der Waals surface area contributed by atoms with Crippen molar-refractivity contribution in [2.24, 2.45) is 11.8 Å². The van der Waals surface area contributed by atoms with E-state index < -0.39 is 97.5 Å². The number of phosphoric ester groups is 2. The molecule has 0 amide bonds. The van der Waals surface area contributed by atoms with Gasteiger partial charge in [-0.1, -0.05) is 286 Å². The minimum atomic E-state index is -4.95. The number of carbonyl (C=O) groups excluding carboxylic acids is 4. The predicted molar refractivity (Wildman–Crippen MR) is 345 cm³/mol. The molecule has 0 radical (unpaired) electrons. The van der Waals surface area contributed by atoms with Gasteiger partial charge >= 0.3 is 39.5 Å². The largest absolute Gasteiger partial charge is 0.472 e. The maximum atomic E-state index is 13.0. The first-order valence-corrected chi connectivity index (χ1v) is 38.0. The van der Waals surface area contributed by atoms with Crippen molar-refractivity contribution in [2.75, 3.05) is 39.6 Å². The second-order valence-electron chi connectivity index (χ2n) is 25.2. The van der Waals surface area contributed by atoms with Crippen LogP contribution in [0, 0.1) is 11.8 Å². The first-order chi connectivity index (χ1) is 41.4. The predicted octanol–water partition coefficient (Wildman–Crippen LogP) is 18.8. The summed E-state index contributed by atoms with van der Waals surface area (Å²) in [5, 5.41) is 10.6. The fourth-order valence-corrected chi connectivity index (χ4v) is 11.6. The van der Waals surface area contributed by atoms with E-state index in [1.54, 1.807) is 0 Å². The summed E-state index contributed by atoms with van der Waals surface area (Å²) in [6.45, 7) is 9.49. The second-order valence-corrected chi connectivity index (χ2v) is 28.1. The zero-order valence-corrected chi connectivity index (χ0v) is 57.4. The van der Waals surface area contributed by atoms with Crippen molar-refractivity contribution < 1.29 is 80.2 Å². The topological polar surface area (TPSA) is 237 Å². The van der Waals surface area contributed by atoms with Gasteiger partial charge in [-0.05, 0) is 37.5 Å². The average Bonchev–Trinajstić information content (AvgIpc) is 3.47. The van der Waals surface area contributed by atoms with Crippen molar-refractivity contribution >= 4 is 39.5 Å². The van der Waals surface area contributed by atoms with E-state index in [-0.39, 0.29) is 25.7 Å². The molecular weight excluding hydrogens is 1140 g/mol. The van der Waals surface area contributed by atoms with E-state index in [2.05, 4.69) is 41.5 Å². The van der Waals surface area contributed by atoms with E-state index in [1.165, 1.54) is 154 Å². The Balaban J connectivity index is 5.24. The van der Waals surface area contributed by atoms with Gasteiger partial charge in [0.1, 0.15) is 19.3 Å². The van der Waals surface area contributed by atoms with Gasteiger partial charge in [0.15, 0.2) is 12.2 Å². The van der Waals surface area contributed by atoms with Gasteiger partial charge in [0.25, 0.3) is 0 Å². The highest BCUT2D eigenvalue weighted by Gasteiger charge is 2.30. The Kier molecular flexibility index (Phi) is 58.0. The maximum absolute atomic E-state index is 13.0. The van der Waals surface area contributed by atoms with Gasteiger partial charge in [-0.25, -0.2) is 9.13 Å². The third kappa shape index (κ3) is 60.9. The second kappa shape index (κ2) is 59.4. The molecule has 0 bridgehead atoms. The first kappa shape index (κ1) is 84.1. The van der Waals surface area contributed by atoms with E-state index in [4.69, 9.17) is 37.0 Å². The lowest BCUT2D eigenvalue weighted by Gasteiger charge is -2.21. The molecule has 0 saturated carbocycles. The minimum absolute atomic E-state index is 0.106. The molecule has 17 nitrogen and oxygen atoms in total. The van der Waals surface area contributed by atoms with Crippen molar-refractivity contribution in [3.05, 3.63) is 0 Å². The number of hydrogen-bond acceptors (Lipinski definition) is 15. The quantitative estimate of drug-likeness (QED) is 0.0222. The van der Waals surface area contributed by atoms with Gasteiger partial charge in [0.05, 0.1) is 26.4 Å². The molecule has 3 N–H and O–H groups in total. The number of ether oxygens (including phenoxy) is 4. The molecule has 0 rings (SSSR count). The summed E-state index contributed by atoms with van der Waals surface area (Å²) >= 11 is 0. The summed E-state index contributed by atoms with van der Waals surface area (Å²) in [4.78, 5) is 72.3. The molecular formula is C67H130O17P2. The smallest absolute Gasteiger partial charge is 0.462 e. The molecule has 0 aromatic heterocycles. The van der Waals surface area contributed by atoms with Gasteiger partial charge in [-0.2, -0.15) is 0 Å². The van der Waals surface area contributed by atoms with E-state index in [9.17, 15) is 43.2 Å². The number of carbonyl (C=O) groups is 4. The molecule has 0 saturated heterocycles. The lowest BCUT2D eigenvalue weighted by atomic mass is 10.0. The Morgan fingerprint density at radius 3 is 0.791 bits per heavy atom. The molecule has 86 heavy (non-hydrogen) atoms. The van der Waals surface area contributed by atoms with Crippen molar-refractivity contribution in [1.29, 1.82) is 0 Å². The summed E-state index contributed by atoms with van der Waals surface area (Å²) in [7, 11) is -9.89. The summed E-state index contributed by atoms with van der Waals surface area (Å²) in [6, 6.07) is 0. The molecule has 0 spiro atoms. The molecule has 19 heteroatoms. The average molecular weight is 1270 g/mol. The van der Waals surface area contributed by atoms with Crippen molar-refractivity contribution in [3.8, 4) is 0 Å². The van der Waals surface area contributed by atoms with E-state index in [1.807, 2.05) is 0 Å². The standard InChI is InChI=1S/C67H130O17P2/c1-7-9-11-13-15-17-25-31-37-43-49-64(69)77-55-62(83-66(71)51-45-39-33-26-18-16-14-12-10-8-2)57-81-85(73,74)79-53-61(68)54-80-86(75,76)82-58-63(84-67(72)52-46-40-34-28-22-20-24-30-36-42-48-60(5)6)56-78-65(70)50-44-38-32-27-21-19-23-29-35-41-47-59(3)4/h59-63,68H,7-58H2,1-6H3,(H,73,74)(H,75,76)/t61-,62+,63+/m0/s1. The summed E-state index contributed by atoms with van der Waals surface area (Å²) in [5.74, 6) is -0.618. The number of rotatable bonds is 66. The number of aliphatic hydroxyl groups excluding tert-OH is 1. The molecule has 0 heterocycles. The monoisotopic (exact) mass is 1270 g/mol. The van der Waals surface area contributed by atoms with Gasteiger partial charge < -0.3 is 33.8 Å². The number of esters is 4. The lowest BCUT2D eigenvalue weighted by molar-refractivity contribution is -0.161. The highest BCUT2D eigenvalue weighted by molar-refractivity contribution is 7.47. The molecule has 2 unspecified atom stereocenters. The molecule has 0 aliphatic rings. The molecule has 0 aromatic carbocycles. The van der Waals surface area contributed by atoms with Crippen molar-refractivity contribution in [1.82, 2.24) is 0 Å². The summed E-state index contributed by atoms with van der Waals surface area (Å²) < 4.78 is 68.1. The maximum Gasteiger partial charge on any atom is 0.472 e. The Morgan fingerprint density at radius 2 is 0.535 bits per heavy atom. The number of hydrogen-bond donors (Lipinski definition) is 3. The fourth-order valence-electron chi connectivity index (χ4n) is 10.1. The van der Waals surface area contributed by atoms with Gasteiger partial charge in [0, 0.05) is 25.7 Å². The van der Waals surface area contributed by atoms with Crippen LogP contribution in [0.1, 0.15) is 337 Å². The SMILES string of the molecule is CCCCCCCCCCCCC(=O)OC[C@H](COP(=O)(O)OC[C@H](O)COP(=O)(O)OC[C@@H](COC(=O)CCCCCCCCCCCCC(C)C)OC(=O)CCCCCCCCCCCCC(C)C)OC(=O)CCCCCCCCCCCC. The van der Waals surface area contributed by atoms with Crippen LogP contribution in [0.4, 0.5) is 0 Å². The van der Waals surface area contributed by atoms with Crippen LogP contribution in [0.3, 0.4) is 0 Å². The molecule has 510 valence electrons. The molecule has 0 fully saturated rings. The Labute approximate surface area is 524 Å². The molecule has 0 aliphatic carbocycles. The zero-order valence-electron chi connectivity index (χ0n) is 55.6. The van der Waals surface area contributed by atoms with Gasteiger partial charge in [0.2, 0.25) is 0 Å². The fraction of sp³-hybridized carbons (Fsp3) is 0.940. The van der Waals surface area contributed by atoms with Crippen molar-refractivity contribution in [2.45, 2.75) is 355 Å². The molecule has 0 aliphatic heterocycles. The van der Waals surface area contributed by atoms with Crippen molar-refractivity contribution in [3.63, 3.8) is 0 Å². The van der Waals surface area contributed by atoms with Crippen LogP contribution in [-0.4, -0.2) is 96.7 Å². The highest BCUT2D eigenvalue weighted by atomic mass is 31.2. The summed E-state index contributed by atoms with van der Waals surface area (Å²) in [6.07, 6.45) is 42.9. The van der Waals surface area contributed by atoms with E-state index in [0.717, 1.165) is 102 Å². The summed E-state index contributed by atoms with van der Waals surface area (Å²) in [5.41, 5.74) is 0. The Hall–Kier alpha value is -1.94. The van der Waals surface area contributed by atoms with Crippen LogP contribution in [0.5, 0.6) is 0 Å². The first-order valence-electron chi connectivity index (χ1n) is 35.0. The van der Waals surface area contributed by atoms with Crippen LogP contribution in [-0.2, 0) is 65.4 Å².